The average molecular weight is 171 g/mol. The predicted octanol–water partition coefficient (Wildman–Crippen LogP) is 1.61. The first-order valence-electron chi connectivity index (χ1n) is 3.64. The van der Waals surface area contributed by atoms with Crippen molar-refractivity contribution in [2.24, 2.45) is 0 Å². The van der Waals surface area contributed by atoms with E-state index in [-0.39, 0.29) is 0 Å². The van der Waals surface area contributed by atoms with Gasteiger partial charge < -0.3 is 4.42 Å². The van der Waals surface area contributed by atoms with Crippen molar-refractivity contribution in [1.29, 1.82) is 5.26 Å². The Morgan fingerprint density at radius 1 is 1.23 bits per heavy atom. The lowest BCUT2D eigenvalue weighted by atomic mass is 10.2. The lowest BCUT2D eigenvalue weighted by Crippen LogP contribution is -1.80. The normalized spacial score (nSPS) is 9.46. The molecule has 0 fully saturated rings. The highest BCUT2D eigenvalue weighted by Gasteiger charge is 2.01. The predicted molar refractivity (Wildman–Crippen MR) is 44.4 cm³/mol. The van der Waals surface area contributed by atoms with E-state index in [0.717, 1.165) is 5.56 Å². The minimum Gasteiger partial charge on any atom is -0.443 e. The molecule has 13 heavy (non-hydrogen) atoms. The van der Waals surface area contributed by atoms with Gasteiger partial charge in [-0.1, -0.05) is 0 Å². The topological polar surface area (TPSA) is 62.7 Å². The molecule has 0 bridgehead atoms. The zero-order valence-electron chi connectivity index (χ0n) is 6.64. The largest absolute Gasteiger partial charge is 0.443 e. The molecule has 0 aliphatic rings. The molecule has 0 radical (unpaired) electrons. The van der Waals surface area contributed by atoms with Crippen molar-refractivity contribution >= 4 is 0 Å². The first-order valence-corrected chi connectivity index (χ1v) is 3.64. The van der Waals surface area contributed by atoms with Gasteiger partial charge in [0.15, 0.2) is 12.2 Å². The van der Waals surface area contributed by atoms with Gasteiger partial charge in [-0.2, -0.15) is 5.26 Å². The lowest BCUT2D eigenvalue weighted by Gasteiger charge is -1.93. The second-order valence-electron chi connectivity index (χ2n) is 2.44. The highest BCUT2D eigenvalue weighted by molar-refractivity contribution is 5.56. The third-order valence-corrected chi connectivity index (χ3v) is 1.58. The van der Waals surface area contributed by atoms with Crippen molar-refractivity contribution in [1.82, 2.24) is 9.97 Å². The van der Waals surface area contributed by atoms with E-state index >= 15 is 0 Å². The number of rotatable bonds is 1. The molecule has 0 aliphatic carbocycles. The molecule has 0 saturated heterocycles. The molecule has 62 valence electrons. The van der Waals surface area contributed by atoms with Gasteiger partial charge in [-0.15, -0.1) is 0 Å². The summed E-state index contributed by atoms with van der Waals surface area (Å²) in [5.74, 6) is 0.615. The second-order valence-corrected chi connectivity index (χ2v) is 2.44. The molecule has 0 amide bonds. The van der Waals surface area contributed by atoms with Crippen LogP contribution in [0.15, 0.2) is 35.5 Å². The van der Waals surface area contributed by atoms with Crippen LogP contribution in [0, 0.1) is 11.3 Å². The molecule has 2 heterocycles. The molecule has 0 spiro atoms. The van der Waals surface area contributed by atoms with E-state index in [1.54, 1.807) is 18.5 Å². The SMILES string of the molecule is N#Cc1cncc(-c2cnco2)c1. The molecule has 0 saturated carbocycles. The first kappa shape index (κ1) is 7.50. The van der Waals surface area contributed by atoms with E-state index in [1.807, 2.05) is 6.07 Å². The second kappa shape index (κ2) is 3.07. The van der Waals surface area contributed by atoms with Crippen molar-refractivity contribution in [3.05, 3.63) is 36.6 Å². The maximum Gasteiger partial charge on any atom is 0.181 e. The van der Waals surface area contributed by atoms with Crippen LogP contribution in [0.2, 0.25) is 0 Å². The minimum absolute atomic E-state index is 0.508. The van der Waals surface area contributed by atoms with Crippen molar-refractivity contribution in [2.45, 2.75) is 0 Å². The van der Waals surface area contributed by atoms with E-state index in [4.69, 9.17) is 9.68 Å². The van der Waals surface area contributed by atoms with Gasteiger partial charge >= 0.3 is 0 Å². The number of nitriles is 1. The van der Waals surface area contributed by atoms with Crippen LogP contribution in [-0.4, -0.2) is 9.97 Å². The summed E-state index contributed by atoms with van der Waals surface area (Å²) in [6.45, 7) is 0. The lowest BCUT2D eigenvalue weighted by molar-refractivity contribution is 0.571. The first-order chi connectivity index (χ1) is 6.40. The molecular formula is C9H5N3O. The fourth-order valence-electron chi connectivity index (χ4n) is 0.994. The molecule has 4 heteroatoms. The molecule has 0 aliphatic heterocycles. The molecule has 0 unspecified atom stereocenters. The van der Waals surface area contributed by atoms with E-state index in [0.29, 0.717) is 11.3 Å². The van der Waals surface area contributed by atoms with E-state index in [1.165, 1.54) is 12.6 Å². The van der Waals surface area contributed by atoms with E-state index in [2.05, 4.69) is 9.97 Å². The van der Waals surface area contributed by atoms with Crippen molar-refractivity contribution < 1.29 is 4.42 Å². The van der Waals surface area contributed by atoms with Crippen LogP contribution in [0.1, 0.15) is 5.56 Å². The molecular weight excluding hydrogens is 166 g/mol. The summed E-state index contributed by atoms with van der Waals surface area (Å²) in [4.78, 5) is 7.68. The summed E-state index contributed by atoms with van der Waals surface area (Å²) in [7, 11) is 0. The summed E-state index contributed by atoms with van der Waals surface area (Å²) in [6.07, 6.45) is 6.05. The average Bonchev–Trinajstić information content (AvgIpc) is 2.71. The summed E-state index contributed by atoms with van der Waals surface area (Å²) < 4.78 is 5.06. The molecule has 0 aromatic carbocycles. The van der Waals surface area contributed by atoms with E-state index in [9.17, 15) is 0 Å². The number of hydrogen-bond acceptors (Lipinski definition) is 4. The van der Waals surface area contributed by atoms with Crippen LogP contribution >= 0.6 is 0 Å². The van der Waals surface area contributed by atoms with Crippen LogP contribution in [-0.2, 0) is 0 Å². The molecule has 2 aromatic heterocycles. The maximum absolute atomic E-state index is 8.62. The smallest absolute Gasteiger partial charge is 0.181 e. The number of pyridine rings is 1. The Balaban J connectivity index is 2.49. The summed E-state index contributed by atoms with van der Waals surface area (Å²) >= 11 is 0. The Bertz CT molecular complexity index is 442. The van der Waals surface area contributed by atoms with Gasteiger partial charge in [0.05, 0.1) is 11.8 Å². The fraction of sp³-hybridized carbons (Fsp3) is 0. The molecule has 2 rings (SSSR count). The van der Waals surface area contributed by atoms with Gasteiger partial charge in [-0.25, -0.2) is 4.98 Å². The highest BCUT2D eigenvalue weighted by atomic mass is 16.3. The zero-order valence-corrected chi connectivity index (χ0v) is 6.64. The van der Waals surface area contributed by atoms with Crippen molar-refractivity contribution in [3.63, 3.8) is 0 Å². The van der Waals surface area contributed by atoms with Crippen LogP contribution in [0.4, 0.5) is 0 Å². The van der Waals surface area contributed by atoms with Gasteiger partial charge in [0.2, 0.25) is 0 Å². The van der Waals surface area contributed by atoms with Crippen LogP contribution in [0.5, 0.6) is 0 Å². The van der Waals surface area contributed by atoms with E-state index < -0.39 is 0 Å². The maximum atomic E-state index is 8.62. The third kappa shape index (κ3) is 1.40. The standard InChI is InChI=1S/C9H5N3O/c10-2-7-1-8(4-11-3-7)9-5-12-6-13-9/h1,3-6H. The minimum atomic E-state index is 0.508. The molecule has 2 aromatic rings. The summed E-state index contributed by atoms with van der Waals surface area (Å²) in [5, 5.41) is 8.62. The molecule has 0 atom stereocenters. The Kier molecular flexibility index (Phi) is 1.77. The van der Waals surface area contributed by atoms with Gasteiger partial charge in [0, 0.05) is 18.0 Å². The number of oxazole rings is 1. The van der Waals surface area contributed by atoms with Crippen molar-refractivity contribution in [3.8, 4) is 17.4 Å². The van der Waals surface area contributed by atoms with Crippen LogP contribution in [0.25, 0.3) is 11.3 Å². The van der Waals surface area contributed by atoms with Gasteiger partial charge in [-0.05, 0) is 6.07 Å². The monoisotopic (exact) mass is 171 g/mol. The Morgan fingerprint density at radius 2 is 2.15 bits per heavy atom. The van der Waals surface area contributed by atoms with Crippen LogP contribution in [0.3, 0.4) is 0 Å². The van der Waals surface area contributed by atoms with Crippen LogP contribution < -0.4 is 0 Å². The molecule has 0 N–H and O–H groups in total. The fourth-order valence-corrected chi connectivity index (χ4v) is 0.994. The number of hydrogen-bond donors (Lipinski definition) is 0. The third-order valence-electron chi connectivity index (χ3n) is 1.58. The summed E-state index contributed by atoms with van der Waals surface area (Å²) in [6, 6.07) is 3.71. The Labute approximate surface area is 74.5 Å². The molecule has 4 nitrogen and oxygen atoms in total. The Morgan fingerprint density at radius 3 is 2.85 bits per heavy atom. The summed E-state index contributed by atoms with van der Waals surface area (Å²) in [5.41, 5.74) is 1.27. The zero-order chi connectivity index (χ0) is 9.10. The van der Waals surface area contributed by atoms with Gasteiger partial charge in [-0.3, -0.25) is 4.98 Å². The number of nitrogens with zero attached hydrogens (tertiary/aromatic N) is 3. The van der Waals surface area contributed by atoms with Gasteiger partial charge in [0.1, 0.15) is 6.07 Å². The highest BCUT2D eigenvalue weighted by Crippen LogP contribution is 2.17. The quantitative estimate of drug-likeness (QED) is 0.653. The Hall–Kier alpha value is -2.15. The van der Waals surface area contributed by atoms with Gasteiger partial charge in [0.25, 0.3) is 0 Å². The van der Waals surface area contributed by atoms with Crippen molar-refractivity contribution in [2.75, 3.05) is 0 Å². The number of aromatic nitrogens is 2.